The van der Waals surface area contributed by atoms with Crippen molar-refractivity contribution in [2.45, 2.75) is 13.0 Å². The third-order valence-corrected chi connectivity index (χ3v) is 3.67. The van der Waals surface area contributed by atoms with Crippen molar-refractivity contribution in [1.29, 1.82) is 0 Å². The minimum atomic E-state index is -0.101. The van der Waals surface area contributed by atoms with Crippen molar-refractivity contribution >= 4 is 11.6 Å². The Balaban J connectivity index is 1.56. The molecule has 1 unspecified atom stereocenters. The first-order valence-electron chi connectivity index (χ1n) is 7.70. The number of hydrogen-bond acceptors (Lipinski definition) is 4. The van der Waals surface area contributed by atoms with Crippen LogP contribution in [0.1, 0.15) is 18.5 Å². The molecular weight excluding hydrogens is 292 g/mol. The van der Waals surface area contributed by atoms with E-state index in [1.165, 1.54) is 0 Å². The first-order chi connectivity index (χ1) is 11.2. The van der Waals surface area contributed by atoms with E-state index in [0.29, 0.717) is 13.2 Å². The number of para-hydroxylation sites is 1. The third-order valence-electron chi connectivity index (χ3n) is 3.67. The number of carbonyl (C=O) groups is 1. The summed E-state index contributed by atoms with van der Waals surface area (Å²) in [5, 5.41) is 6.07. The summed E-state index contributed by atoms with van der Waals surface area (Å²) in [5.74, 6) is 1.43. The molecule has 23 heavy (non-hydrogen) atoms. The Morgan fingerprint density at radius 2 is 1.83 bits per heavy atom. The topological polar surface area (TPSA) is 59.6 Å². The van der Waals surface area contributed by atoms with Crippen LogP contribution < -0.4 is 20.1 Å². The average molecular weight is 312 g/mol. The summed E-state index contributed by atoms with van der Waals surface area (Å²) in [7, 11) is 0. The molecule has 3 rings (SSSR count). The smallest absolute Gasteiger partial charge is 0.239 e. The summed E-state index contributed by atoms with van der Waals surface area (Å²) < 4.78 is 11.1. The molecule has 2 aromatic carbocycles. The Morgan fingerprint density at radius 1 is 1.09 bits per heavy atom. The van der Waals surface area contributed by atoms with E-state index in [1.807, 2.05) is 55.5 Å². The van der Waals surface area contributed by atoms with E-state index in [9.17, 15) is 4.79 Å². The molecule has 5 heteroatoms. The lowest BCUT2D eigenvalue weighted by atomic mass is 10.1. The Hall–Kier alpha value is -2.69. The van der Waals surface area contributed by atoms with Crippen molar-refractivity contribution in [2.75, 3.05) is 25.1 Å². The van der Waals surface area contributed by atoms with Gasteiger partial charge in [0.2, 0.25) is 5.91 Å². The standard InChI is InChI=1S/C18H20N2O3/c1-13(14-7-8-16-17(11-14)23-10-9-22-16)20-18(21)12-19-15-5-3-2-4-6-15/h2-8,11,13,19H,9-10,12H2,1H3,(H,20,21). The molecule has 0 saturated heterocycles. The normalized spacial score (nSPS) is 14.0. The van der Waals surface area contributed by atoms with E-state index in [1.54, 1.807) is 0 Å². The number of nitrogens with one attached hydrogen (secondary N) is 2. The maximum atomic E-state index is 12.1. The molecular formula is C18H20N2O3. The fourth-order valence-electron chi connectivity index (χ4n) is 2.44. The highest BCUT2D eigenvalue weighted by atomic mass is 16.6. The van der Waals surface area contributed by atoms with Crippen molar-refractivity contribution in [3.63, 3.8) is 0 Å². The lowest BCUT2D eigenvalue weighted by molar-refractivity contribution is -0.120. The van der Waals surface area contributed by atoms with Crippen molar-refractivity contribution in [3.8, 4) is 11.5 Å². The van der Waals surface area contributed by atoms with Gasteiger partial charge in [0.25, 0.3) is 0 Å². The second kappa shape index (κ2) is 7.05. The van der Waals surface area contributed by atoms with Crippen LogP contribution in [0.4, 0.5) is 5.69 Å². The van der Waals surface area contributed by atoms with E-state index >= 15 is 0 Å². The summed E-state index contributed by atoms with van der Waals surface area (Å²) >= 11 is 0. The third kappa shape index (κ3) is 3.94. The fraction of sp³-hybridized carbons (Fsp3) is 0.278. The van der Waals surface area contributed by atoms with Crippen molar-refractivity contribution in [3.05, 3.63) is 54.1 Å². The minimum absolute atomic E-state index is 0.0590. The Morgan fingerprint density at radius 3 is 2.61 bits per heavy atom. The first-order valence-corrected chi connectivity index (χ1v) is 7.70. The molecule has 1 aliphatic rings. The molecule has 0 aromatic heterocycles. The molecule has 0 radical (unpaired) electrons. The molecule has 120 valence electrons. The molecule has 0 bridgehead atoms. The number of hydrogen-bond donors (Lipinski definition) is 2. The van der Waals surface area contributed by atoms with Gasteiger partial charge in [-0.05, 0) is 36.8 Å². The summed E-state index contributed by atoms with van der Waals surface area (Å²) in [6, 6.07) is 15.3. The van der Waals surface area contributed by atoms with Crippen LogP contribution in [0.2, 0.25) is 0 Å². The maximum Gasteiger partial charge on any atom is 0.239 e. The van der Waals surface area contributed by atoms with Gasteiger partial charge in [-0.15, -0.1) is 0 Å². The largest absolute Gasteiger partial charge is 0.486 e. The summed E-state index contributed by atoms with van der Waals surface area (Å²) in [6.07, 6.45) is 0. The number of anilines is 1. The number of amides is 1. The van der Waals surface area contributed by atoms with Crippen LogP contribution in [0, 0.1) is 0 Å². The number of benzene rings is 2. The second-order valence-corrected chi connectivity index (χ2v) is 5.41. The SMILES string of the molecule is CC(NC(=O)CNc1ccccc1)c1ccc2c(c1)OCCO2. The van der Waals surface area contributed by atoms with Crippen LogP contribution in [0.3, 0.4) is 0 Å². The lowest BCUT2D eigenvalue weighted by Crippen LogP contribution is -2.32. The molecule has 2 aromatic rings. The monoisotopic (exact) mass is 312 g/mol. The van der Waals surface area contributed by atoms with E-state index in [-0.39, 0.29) is 18.5 Å². The van der Waals surface area contributed by atoms with Gasteiger partial charge in [0, 0.05) is 5.69 Å². The van der Waals surface area contributed by atoms with Gasteiger partial charge in [-0.1, -0.05) is 24.3 Å². The van der Waals surface area contributed by atoms with Gasteiger partial charge in [-0.3, -0.25) is 4.79 Å². The zero-order valence-corrected chi connectivity index (χ0v) is 13.0. The molecule has 2 N–H and O–H groups in total. The number of fused-ring (bicyclic) bond motifs is 1. The summed E-state index contributed by atoms with van der Waals surface area (Å²) in [4.78, 5) is 12.1. The zero-order valence-electron chi connectivity index (χ0n) is 13.0. The number of ether oxygens (including phenoxy) is 2. The molecule has 1 amide bonds. The van der Waals surface area contributed by atoms with Gasteiger partial charge >= 0.3 is 0 Å². The molecule has 0 aliphatic carbocycles. The number of carbonyl (C=O) groups excluding carboxylic acids is 1. The van der Waals surface area contributed by atoms with Crippen LogP contribution in [-0.4, -0.2) is 25.7 Å². The lowest BCUT2D eigenvalue weighted by Gasteiger charge is -2.21. The van der Waals surface area contributed by atoms with Gasteiger partial charge in [0.15, 0.2) is 11.5 Å². The van der Waals surface area contributed by atoms with Crippen LogP contribution in [0.15, 0.2) is 48.5 Å². The Kier molecular flexibility index (Phi) is 4.66. The molecule has 5 nitrogen and oxygen atoms in total. The van der Waals surface area contributed by atoms with Crippen molar-refractivity contribution < 1.29 is 14.3 Å². The predicted molar refractivity (Wildman–Crippen MR) is 88.9 cm³/mol. The molecule has 1 atom stereocenters. The van der Waals surface area contributed by atoms with Crippen molar-refractivity contribution in [1.82, 2.24) is 5.32 Å². The maximum absolute atomic E-state index is 12.1. The molecule has 0 saturated carbocycles. The van der Waals surface area contributed by atoms with Crippen LogP contribution in [0.25, 0.3) is 0 Å². The van der Waals surface area contributed by atoms with Gasteiger partial charge in [-0.25, -0.2) is 0 Å². The molecule has 0 fully saturated rings. The van der Waals surface area contributed by atoms with E-state index in [2.05, 4.69) is 10.6 Å². The van der Waals surface area contributed by atoms with E-state index in [0.717, 1.165) is 22.7 Å². The minimum Gasteiger partial charge on any atom is -0.486 e. The van der Waals surface area contributed by atoms with Crippen LogP contribution in [-0.2, 0) is 4.79 Å². The first kappa shape index (κ1) is 15.2. The fourth-order valence-corrected chi connectivity index (χ4v) is 2.44. The quantitative estimate of drug-likeness (QED) is 0.891. The van der Waals surface area contributed by atoms with Crippen LogP contribution in [0.5, 0.6) is 11.5 Å². The average Bonchev–Trinajstić information content (AvgIpc) is 2.60. The predicted octanol–water partition coefficient (Wildman–Crippen LogP) is 2.75. The molecule has 1 heterocycles. The highest BCUT2D eigenvalue weighted by Gasteiger charge is 2.15. The molecule has 0 spiro atoms. The van der Waals surface area contributed by atoms with Gasteiger partial charge in [0.1, 0.15) is 13.2 Å². The van der Waals surface area contributed by atoms with E-state index < -0.39 is 0 Å². The highest BCUT2D eigenvalue weighted by molar-refractivity contribution is 5.81. The zero-order chi connectivity index (χ0) is 16.1. The van der Waals surface area contributed by atoms with Gasteiger partial charge in [0.05, 0.1) is 12.6 Å². The van der Waals surface area contributed by atoms with Gasteiger partial charge < -0.3 is 20.1 Å². The highest BCUT2D eigenvalue weighted by Crippen LogP contribution is 2.32. The Bertz CT molecular complexity index is 673. The second-order valence-electron chi connectivity index (χ2n) is 5.41. The van der Waals surface area contributed by atoms with Crippen LogP contribution >= 0.6 is 0 Å². The molecule has 1 aliphatic heterocycles. The van der Waals surface area contributed by atoms with E-state index in [4.69, 9.17) is 9.47 Å². The summed E-state index contributed by atoms with van der Waals surface area (Å²) in [6.45, 7) is 3.31. The van der Waals surface area contributed by atoms with Crippen molar-refractivity contribution in [2.24, 2.45) is 0 Å². The number of rotatable bonds is 5. The summed E-state index contributed by atoms with van der Waals surface area (Å²) in [5.41, 5.74) is 1.91. The Labute approximate surface area is 135 Å². The van der Waals surface area contributed by atoms with Gasteiger partial charge in [-0.2, -0.15) is 0 Å².